The number of aryl methyl sites for hydroxylation is 1. The third kappa shape index (κ3) is 4.33. The second-order valence-electron chi connectivity index (χ2n) is 9.84. The summed E-state index contributed by atoms with van der Waals surface area (Å²) >= 11 is 0. The van der Waals surface area contributed by atoms with Gasteiger partial charge < -0.3 is 14.7 Å². The smallest absolute Gasteiger partial charge is 0.332 e. The molecule has 2 amide bonds. The van der Waals surface area contributed by atoms with Crippen LogP contribution in [0.3, 0.4) is 0 Å². The van der Waals surface area contributed by atoms with E-state index in [-0.39, 0.29) is 42.0 Å². The van der Waals surface area contributed by atoms with E-state index in [4.69, 9.17) is 0 Å². The summed E-state index contributed by atoms with van der Waals surface area (Å²) in [5.41, 5.74) is -0.117. The molecule has 184 valence electrons. The molecule has 34 heavy (non-hydrogen) atoms. The van der Waals surface area contributed by atoms with Crippen molar-refractivity contribution in [2.45, 2.75) is 59.2 Å². The van der Waals surface area contributed by atoms with Crippen LogP contribution in [0.15, 0.2) is 21.9 Å². The van der Waals surface area contributed by atoms with Crippen molar-refractivity contribution >= 4 is 28.5 Å². The normalized spacial score (nSPS) is 16.6. The van der Waals surface area contributed by atoms with Crippen LogP contribution in [0.4, 0.5) is 5.69 Å². The van der Waals surface area contributed by atoms with Crippen molar-refractivity contribution in [1.29, 1.82) is 0 Å². The molecule has 0 N–H and O–H groups in total. The van der Waals surface area contributed by atoms with E-state index in [0.717, 1.165) is 17.4 Å². The van der Waals surface area contributed by atoms with Gasteiger partial charge in [-0.2, -0.15) is 0 Å². The molecular weight excluding hydrogens is 436 g/mol. The molecule has 0 radical (unpaired) electrons. The Balaban J connectivity index is 1.70. The third-order valence-electron chi connectivity index (χ3n) is 6.76. The predicted octanol–water partition coefficient (Wildman–Crippen LogP) is 0.799. The van der Waals surface area contributed by atoms with Gasteiger partial charge in [0, 0.05) is 57.4 Å². The van der Waals surface area contributed by atoms with Crippen molar-refractivity contribution in [3.05, 3.63) is 33.1 Å². The van der Waals surface area contributed by atoms with E-state index in [9.17, 15) is 19.2 Å². The third-order valence-corrected chi connectivity index (χ3v) is 6.76. The van der Waals surface area contributed by atoms with Crippen LogP contribution in [0.5, 0.6) is 0 Å². The Labute approximate surface area is 198 Å². The molecule has 1 aliphatic heterocycles. The fourth-order valence-electron chi connectivity index (χ4n) is 4.94. The Bertz CT molecular complexity index is 1210. The number of carbonyl (C=O) groups excluding carboxylic acids is 2. The van der Waals surface area contributed by atoms with Crippen molar-refractivity contribution in [3.8, 4) is 0 Å². The van der Waals surface area contributed by atoms with Gasteiger partial charge in [0.15, 0.2) is 5.65 Å². The zero-order valence-electron chi connectivity index (χ0n) is 20.7. The molecule has 2 aliphatic rings. The molecule has 0 bridgehead atoms. The number of piperazine rings is 1. The lowest BCUT2D eigenvalue weighted by molar-refractivity contribution is -0.135. The number of hydrogen-bond acceptors (Lipinski definition) is 6. The van der Waals surface area contributed by atoms with Crippen molar-refractivity contribution in [2.75, 3.05) is 31.1 Å². The molecule has 4 rings (SSSR count). The Hall–Kier alpha value is -3.17. The number of pyridine rings is 1. The Morgan fingerprint density at radius 1 is 1.06 bits per heavy atom. The quantitative estimate of drug-likeness (QED) is 0.619. The number of aromatic nitrogens is 3. The van der Waals surface area contributed by atoms with E-state index >= 15 is 0 Å². The summed E-state index contributed by atoms with van der Waals surface area (Å²) in [5, 5.41) is 0.319. The zero-order chi connectivity index (χ0) is 24.7. The van der Waals surface area contributed by atoms with Crippen LogP contribution >= 0.6 is 0 Å². The predicted molar refractivity (Wildman–Crippen MR) is 130 cm³/mol. The van der Waals surface area contributed by atoms with Crippen LogP contribution in [0, 0.1) is 5.92 Å². The Morgan fingerprint density at radius 2 is 1.68 bits per heavy atom. The molecule has 2 fully saturated rings. The molecule has 10 heteroatoms. The van der Waals surface area contributed by atoms with Gasteiger partial charge in [0.2, 0.25) is 11.8 Å². The molecule has 2 aromatic rings. The van der Waals surface area contributed by atoms with E-state index in [1.165, 1.54) is 4.57 Å². The van der Waals surface area contributed by atoms with Crippen LogP contribution < -0.4 is 16.1 Å². The van der Waals surface area contributed by atoms with Gasteiger partial charge in [-0.25, -0.2) is 9.78 Å². The lowest BCUT2D eigenvalue weighted by atomic mass is 10.2. The number of nitrogens with zero attached hydrogens (tertiary/aromatic N) is 6. The van der Waals surface area contributed by atoms with Gasteiger partial charge in [-0.05, 0) is 46.6 Å². The molecule has 0 unspecified atom stereocenters. The molecule has 1 saturated carbocycles. The highest BCUT2D eigenvalue weighted by molar-refractivity contribution is 5.89. The molecule has 1 saturated heterocycles. The summed E-state index contributed by atoms with van der Waals surface area (Å²) in [7, 11) is 1.57. The first kappa shape index (κ1) is 24.0. The second-order valence-corrected chi connectivity index (χ2v) is 9.84. The maximum Gasteiger partial charge on any atom is 0.332 e. The average Bonchev–Trinajstić information content (AvgIpc) is 3.64. The van der Waals surface area contributed by atoms with Gasteiger partial charge in [0.05, 0.1) is 5.69 Å². The number of hydrogen-bond donors (Lipinski definition) is 0. The molecular formula is C24H34N6O4. The van der Waals surface area contributed by atoms with Crippen LogP contribution in [-0.2, 0) is 23.2 Å². The minimum absolute atomic E-state index is 0.0561. The van der Waals surface area contributed by atoms with Gasteiger partial charge in [0.1, 0.15) is 11.9 Å². The lowest BCUT2D eigenvalue weighted by Gasteiger charge is -2.36. The average molecular weight is 471 g/mol. The second kappa shape index (κ2) is 9.23. The fourth-order valence-corrected chi connectivity index (χ4v) is 4.94. The first-order valence-corrected chi connectivity index (χ1v) is 12.0. The zero-order valence-corrected chi connectivity index (χ0v) is 20.7. The molecule has 1 aliphatic carbocycles. The highest BCUT2D eigenvalue weighted by atomic mass is 16.2. The maximum absolute atomic E-state index is 13.6. The lowest BCUT2D eigenvalue weighted by Crippen LogP contribution is -2.50. The van der Waals surface area contributed by atoms with Crippen LogP contribution in [0.1, 0.15) is 40.5 Å². The number of rotatable bonds is 6. The summed E-state index contributed by atoms with van der Waals surface area (Å²) in [6.07, 6.45) is 3.55. The van der Waals surface area contributed by atoms with Crippen molar-refractivity contribution in [1.82, 2.24) is 23.9 Å². The number of fused-ring (bicyclic) bond motifs is 1. The van der Waals surface area contributed by atoms with E-state index in [2.05, 4.69) is 9.88 Å². The van der Waals surface area contributed by atoms with Crippen molar-refractivity contribution in [3.63, 3.8) is 0 Å². The number of carbonyl (C=O) groups is 2. The van der Waals surface area contributed by atoms with Crippen LogP contribution in [0.25, 0.3) is 11.0 Å². The molecule has 10 nitrogen and oxygen atoms in total. The minimum Gasteiger partial charge on any atom is -0.367 e. The number of amides is 2. The van der Waals surface area contributed by atoms with Gasteiger partial charge in [-0.3, -0.25) is 23.5 Å². The van der Waals surface area contributed by atoms with E-state index in [1.54, 1.807) is 24.2 Å². The Kier molecular flexibility index (Phi) is 6.51. The molecule has 0 aromatic carbocycles. The minimum atomic E-state index is -0.567. The highest BCUT2D eigenvalue weighted by Gasteiger charge is 2.35. The molecule has 0 spiro atoms. The first-order valence-electron chi connectivity index (χ1n) is 12.0. The van der Waals surface area contributed by atoms with Gasteiger partial charge in [0.25, 0.3) is 5.56 Å². The van der Waals surface area contributed by atoms with Gasteiger partial charge in [-0.1, -0.05) is 0 Å². The topological polar surface area (TPSA) is 101 Å². The maximum atomic E-state index is 13.6. The molecule has 2 aromatic heterocycles. The summed E-state index contributed by atoms with van der Waals surface area (Å²) in [5.74, 6) is 0.132. The van der Waals surface area contributed by atoms with E-state index in [1.807, 2.05) is 32.6 Å². The van der Waals surface area contributed by atoms with Crippen LogP contribution in [0.2, 0.25) is 0 Å². The van der Waals surface area contributed by atoms with Gasteiger partial charge >= 0.3 is 5.69 Å². The van der Waals surface area contributed by atoms with Crippen molar-refractivity contribution in [2.24, 2.45) is 13.0 Å². The monoisotopic (exact) mass is 470 g/mol. The van der Waals surface area contributed by atoms with Crippen LogP contribution in [-0.4, -0.2) is 74.0 Å². The SMILES string of the molecule is CC(C)N(C(=O)Cn1c(=O)c2c(N3CCN(C(=O)C4CC4)CC3)ccnc2n(C)c1=O)C(C)C. The first-order chi connectivity index (χ1) is 16.1. The summed E-state index contributed by atoms with van der Waals surface area (Å²) in [6, 6.07) is 1.66. The van der Waals surface area contributed by atoms with E-state index in [0.29, 0.717) is 37.3 Å². The van der Waals surface area contributed by atoms with Crippen molar-refractivity contribution < 1.29 is 9.59 Å². The Morgan fingerprint density at radius 3 is 2.24 bits per heavy atom. The van der Waals surface area contributed by atoms with Gasteiger partial charge in [-0.15, -0.1) is 0 Å². The van der Waals surface area contributed by atoms with E-state index < -0.39 is 11.2 Å². The largest absolute Gasteiger partial charge is 0.367 e. The highest BCUT2D eigenvalue weighted by Crippen LogP contribution is 2.32. The number of anilines is 1. The summed E-state index contributed by atoms with van der Waals surface area (Å²) < 4.78 is 2.34. The molecule has 0 atom stereocenters. The summed E-state index contributed by atoms with van der Waals surface area (Å²) in [4.78, 5) is 62.0. The summed E-state index contributed by atoms with van der Waals surface area (Å²) in [6.45, 7) is 9.69. The fraction of sp³-hybridized carbons (Fsp3) is 0.625. The molecule has 3 heterocycles. The standard InChI is InChI=1S/C24H34N6O4/c1-15(2)30(16(3)4)19(31)14-29-23(33)20-18(8-9-25-21(20)26(5)24(29)34)27-10-12-28(13-11-27)22(32)17-6-7-17/h8-9,15-17H,6-7,10-14H2,1-5H3.